The number of anilines is 1. The summed E-state index contributed by atoms with van der Waals surface area (Å²) in [6, 6.07) is 5.68. The number of morpholine rings is 1. The number of hydrogen-bond donors (Lipinski definition) is 1. The standard InChI is InChI=1S/C10H13N3O2/c11-10(14)8-7-13(5-6-15-8)9-3-1-2-4-12-9/h1-4,8H,5-7H2,(H2,11,14). The van der Waals surface area contributed by atoms with Gasteiger partial charge in [0.2, 0.25) is 5.91 Å². The van der Waals surface area contributed by atoms with Gasteiger partial charge in [0.15, 0.2) is 6.10 Å². The minimum atomic E-state index is -0.527. The number of aromatic nitrogens is 1. The summed E-state index contributed by atoms with van der Waals surface area (Å²) >= 11 is 0. The molecule has 1 aliphatic heterocycles. The molecule has 0 spiro atoms. The van der Waals surface area contributed by atoms with E-state index in [1.54, 1.807) is 6.20 Å². The number of hydrogen-bond acceptors (Lipinski definition) is 4. The zero-order valence-electron chi connectivity index (χ0n) is 8.30. The van der Waals surface area contributed by atoms with E-state index in [1.807, 2.05) is 23.1 Å². The zero-order valence-corrected chi connectivity index (χ0v) is 8.30. The number of pyridine rings is 1. The van der Waals surface area contributed by atoms with Crippen LogP contribution in [0.2, 0.25) is 0 Å². The van der Waals surface area contributed by atoms with Crippen molar-refractivity contribution in [2.24, 2.45) is 5.73 Å². The summed E-state index contributed by atoms with van der Waals surface area (Å²) in [5.74, 6) is 0.433. The van der Waals surface area contributed by atoms with E-state index in [-0.39, 0.29) is 0 Å². The van der Waals surface area contributed by atoms with Gasteiger partial charge in [0.1, 0.15) is 5.82 Å². The summed E-state index contributed by atoms with van der Waals surface area (Å²) in [5, 5.41) is 0. The summed E-state index contributed by atoms with van der Waals surface area (Å²) < 4.78 is 5.25. The van der Waals surface area contributed by atoms with Crippen LogP contribution < -0.4 is 10.6 Å². The number of amides is 1. The average Bonchev–Trinajstić information content (AvgIpc) is 2.30. The molecule has 1 aromatic rings. The predicted molar refractivity (Wildman–Crippen MR) is 55.4 cm³/mol. The second-order valence-corrected chi connectivity index (χ2v) is 3.40. The Morgan fingerprint density at radius 3 is 3.13 bits per heavy atom. The maximum Gasteiger partial charge on any atom is 0.248 e. The molecule has 2 heterocycles. The van der Waals surface area contributed by atoms with Gasteiger partial charge in [-0.1, -0.05) is 6.07 Å². The van der Waals surface area contributed by atoms with E-state index in [1.165, 1.54) is 0 Å². The number of primary amides is 1. The first kappa shape index (κ1) is 9.92. The monoisotopic (exact) mass is 207 g/mol. The topological polar surface area (TPSA) is 68.5 Å². The van der Waals surface area contributed by atoms with Crippen molar-refractivity contribution in [2.75, 3.05) is 24.6 Å². The molecule has 0 radical (unpaired) electrons. The van der Waals surface area contributed by atoms with E-state index in [4.69, 9.17) is 10.5 Å². The van der Waals surface area contributed by atoms with E-state index in [9.17, 15) is 4.79 Å². The summed E-state index contributed by atoms with van der Waals surface area (Å²) in [4.78, 5) is 17.2. The van der Waals surface area contributed by atoms with Crippen LogP contribution in [0, 0.1) is 0 Å². The molecular formula is C10H13N3O2. The molecule has 2 rings (SSSR count). The minimum Gasteiger partial charge on any atom is -0.367 e. The predicted octanol–water partition coefficient (Wildman–Crippen LogP) is -0.228. The molecule has 0 aliphatic carbocycles. The summed E-state index contributed by atoms with van der Waals surface area (Å²) in [6.45, 7) is 1.72. The highest BCUT2D eigenvalue weighted by molar-refractivity contribution is 5.79. The Kier molecular flexibility index (Phi) is 2.82. The maximum absolute atomic E-state index is 11.0. The molecule has 1 amide bonds. The van der Waals surface area contributed by atoms with E-state index in [0.29, 0.717) is 13.2 Å². The Morgan fingerprint density at radius 1 is 1.60 bits per heavy atom. The van der Waals surface area contributed by atoms with Gasteiger partial charge in [-0.15, -0.1) is 0 Å². The molecule has 1 fully saturated rings. The molecule has 2 N–H and O–H groups in total. The second kappa shape index (κ2) is 4.27. The third-order valence-electron chi connectivity index (χ3n) is 2.36. The first-order valence-corrected chi connectivity index (χ1v) is 4.84. The molecule has 5 nitrogen and oxygen atoms in total. The Balaban J connectivity index is 2.08. The van der Waals surface area contributed by atoms with Crippen molar-refractivity contribution in [3.05, 3.63) is 24.4 Å². The normalized spacial score (nSPS) is 21.3. The lowest BCUT2D eigenvalue weighted by Gasteiger charge is -2.32. The van der Waals surface area contributed by atoms with Crippen LogP contribution in [0.4, 0.5) is 5.82 Å². The van der Waals surface area contributed by atoms with E-state index in [2.05, 4.69) is 4.98 Å². The average molecular weight is 207 g/mol. The highest BCUT2D eigenvalue weighted by atomic mass is 16.5. The van der Waals surface area contributed by atoms with Gasteiger partial charge in [-0.25, -0.2) is 4.98 Å². The first-order valence-electron chi connectivity index (χ1n) is 4.84. The summed E-state index contributed by atoms with van der Waals surface area (Å²) in [5.41, 5.74) is 5.20. The van der Waals surface area contributed by atoms with Gasteiger partial charge >= 0.3 is 0 Å². The fourth-order valence-corrected chi connectivity index (χ4v) is 1.57. The Hall–Kier alpha value is -1.62. The lowest BCUT2D eigenvalue weighted by Crippen LogP contribution is -2.48. The van der Waals surface area contributed by atoms with Gasteiger partial charge in [-0.2, -0.15) is 0 Å². The van der Waals surface area contributed by atoms with Crippen LogP contribution in [0.5, 0.6) is 0 Å². The zero-order chi connectivity index (χ0) is 10.7. The Morgan fingerprint density at radius 2 is 2.47 bits per heavy atom. The van der Waals surface area contributed by atoms with Gasteiger partial charge in [-0.3, -0.25) is 4.79 Å². The third kappa shape index (κ3) is 2.24. The van der Waals surface area contributed by atoms with Crippen LogP contribution in [-0.2, 0) is 9.53 Å². The van der Waals surface area contributed by atoms with Gasteiger partial charge < -0.3 is 15.4 Å². The number of nitrogens with two attached hydrogens (primary N) is 1. The second-order valence-electron chi connectivity index (χ2n) is 3.40. The van der Waals surface area contributed by atoms with Gasteiger partial charge in [-0.05, 0) is 12.1 Å². The van der Waals surface area contributed by atoms with Crippen molar-refractivity contribution in [3.8, 4) is 0 Å². The van der Waals surface area contributed by atoms with E-state index < -0.39 is 12.0 Å². The molecule has 0 saturated carbocycles. The molecule has 1 unspecified atom stereocenters. The smallest absolute Gasteiger partial charge is 0.248 e. The third-order valence-corrected chi connectivity index (χ3v) is 2.36. The Bertz CT molecular complexity index is 342. The molecule has 0 aromatic carbocycles. The lowest BCUT2D eigenvalue weighted by atomic mass is 10.2. The van der Waals surface area contributed by atoms with Crippen molar-refractivity contribution in [3.63, 3.8) is 0 Å². The highest BCUT2D eigenvalue weighted by Crippen LogP contribution is 2.13. The SMILES string of the molecule is NC(=O)C1CN(c2ccccn2)CCO1. The number of nitrogens with zero attached hydrogens (tertiary/aromatic N) is 2. The number of carbonyl (C=O) groups excluding carboxylic acids is 1. The van der Waals surface area contributed by atoms with Crippen LogP contribution in [0.3, 0.4) is 0 Å². The van der Waals surface area contributed by atoms with Gasteiger partial charge in [0.25, 0.3) is 0 Å². The molecule has 1 atom stereocenters. The molecule has 0 bridgehead atoms. The fraction of sp³-hybridized carbons (Fsp3) is 0.400. The molecule has 15 heavy (non-hydrogen) atoms. The van der Waals surface area contributed by atoms with Crippen LogP contribution in [0.25, 0.3) is 0 Å². The van der Waals surface area contributed by atoms with Crippen molar-refractivity contribution >= 4 is 11.7 Å². The maximum atomic E-state index is 11.0. The highest BCUT2D eigenvalue weighted by Gasteiger charge is 2.25. The molecular weight excluding hydrogens is 194 g/mol. The van der Waals surface area contributed by atoms with Crippen molar-refractivity contribution < 1.29 is 9.53 Å². The lowest BCUT2D eigenvalue weighted by molar-refractivity contribution is -0.130. The van der Waals surface area contributed by atoms with Gasteiger partial charge in [0, 0.05) is 12.7 Å². The number of ether oxygens (including phenoxy) is 1. The van der Waals surface area contributed by atoms with Crippen LogP contribution in [0.1, 0.15) is 0 Å². The number of carbonyl (C=O) groups is 1. The fourth-order valence-electron chi connectivity index (χ4n) is 1.57. The first-order chi connectivity index (χ1) is 7.27. The molecule has 5 heteroatoms. The van der Waals surface area contributed by atoms with Crippen molar-refractivity contribution in [2.45, 2.75) is 6.10 Å². The summed E-state index contributed by atoms with van der Waals surface area (Å²) in [7, 11) is 0. The van der Waals surface area contributed by atoms with E-state index >= 15 is 0 Å². The van der Waals surface area contributed by atoms with Crippen LogP contribution >= 0.6 is 0 Å². The molecule has 80 valence electrons. The number of rotatable bonds is 2. The van der Waals surface area contributed by atoms with Crippen molar-refractivity contribution in [1.82, 2.24) is 4.98 Å². The largest absolute Gasteiger partial charge is 0.367 e. The summed E-state index contributed by atoms with van der Waals surface area (Å²) in [6.07, 6.45) is 1.20. The van der Waals surface area contributed by atoms with E-state index in [0.717, 1.165) is 12.4 Å². The molecule has 1 saturated heterocycles. The molecule has 1 aliphatic rings. The van der Waals surface area contributed by atoms with Crippen molar-refractivity contribution in [1.29, 1.82) is 0 Å². The quantitative estimate of drug-likeness (QED) is 0.727. The van der Waals surface area contributed by atoms with Crippen LogP contribution in [0.15, 0.2) is 24.4 Å². The Labute approximate surface area is 87.8 Å². The molecule has 1 aromatic heterocycles. The van der Waals surface area contributed by atoms with Gasteiger partial charge in [0.05, 0.1) is 13.2 Å². The minimum absolute atomic E-state index is 0.421. The van der Waals surface area contributed by atoms with Crippen LogP contribution in [-0.4, -0.2) is 36.7 Å².